The average Bonchev–Trinajstić information content (AvgIpc) is 3.20. The van der Waals surface area contributed by atoms with Crippen LogP contribution in [0.1, 0.15) is 26.2 Å². The highest BCUT2D eigenvalue weighted by Gasteiger charge is 2.36. The molecule has 0 atom stereocenters. The number of piperazine rings is 1. The molecule has 6 nitrogen and oxygen atoms in total. The van der Waals surface area contributed by atoms with Crippen LogP contribution in [0.4, 0.5) is 4.79 Å². The van der Waals surface area contributed by atoms with Gasteiger partial charge in [-0.1, -0.05) is 6.92 Å². The molecule has 19 heavy (non-hydrogen) atoms. The van der Waals surface area contributed by atoms with Gasteiger partial charge < -0.3 is 14.9 Å². The Bertz CT molecular complexity index is 336. The first-order valence-corrected chi connectivity index (χ1v) is 7.11. The van der Waals surface area contributed by atoms with Gasteiger partial charge in [0, 0.05) is 32.2 Å². The van der Waals surface area contributed by atoms with Crippen molar-refractivity contribution in [3.05, 3.63) is 0 Å². The highest BCUT2D eigenvalue weighted by molar-refractivity contribution is 5.80. The minimum atomic E-state index is -0.926. The first-order valence-electron chi connectivity index (χ1n) is 7.11. The number of carboxylic acids is 1. The van der Waals surface area contributed by atoms with Crippen molar-refractivity contribution in [2.45, 2.75) is 32.2 Å². The Kier molecular flexibility index (Phi) is 4.63. The Hall–Kier alpha value is -1.30. The second-order valence-corrected chi connectivity index (χ2v) is 5.36. The number of rotatable bonds is 5. The van der Waals surface area contributed by atoms with Crippen LogP contribution >= 0.6 is 0 Å². The van der Waals surface area contributed by atoms with E-state index in [1.54, 1.807) is 4.90 Å². The summed E-state index contributed by atoms with van der Waals surface area (Å²) < 4.78 is 0. The molecule has 0 bridgehead atoms. The molecule has 108 valence electrons. The fourth-order valence-corrected chi connectivity index (χ4v) is 2.55. The van der Waals surface area contributed by atoms with E-state index in [1.807, 2.05) is 0 Å². The third kappa shape index (κ3) is 3.83. The van der Waals surface area contributed by atoms with E-state index in [-0.39, 0.29) is 18.6 Å². The number of aliphatic carboxylic acids is 1. The van der Waals surface area contributed by atoms with Gasteiger partial charge in [-0.3, -0.25) is 9.69 Å². The normalized spacial score (nSPS) is 20.4. The fraction of sp³-hybridized carbons (Fsp3) is 0.846. The van der Waals surface area contributed by atoms with Crippen LogP contribution in [-0.2, 0) is 4.79 Å². The third-order valence-corrected chi connectivity index (χ3v) is 3.72. The first-order chi connectivity index (χ1) is 9.11. The summed E-state index contributed by atoms with van der Waals surface area (Å²) in [4.78, 5) is 28.9. The van der Waals surface area contributed by atoms with E-state index in [2.05, 4.69) is 11.8 Å². The molecule has 0 aromatic rings. The number of carboxylic acid groups (broad SMARTS) is 1. The second-order valence-electron chi connectivity index (χ2n) is 5.36. The van der Waals surface area contributed by atoms with Crippen molar-refractivity contribution in [2.24, 2.45) is 0 Å². The molecular weight excluding hydrogens is 246 g/mol. The van der Waals surface area contributed by atoms with Crippen LogP contribution in [0.3, 0.4) is 0 Å². The smallest absolute Gasteiger partial charge is 0.323 e. The molecule has 1 saturated heterocycles. The average molecular weight is 269 g/mol. The van der Waals surface area contributed by atoms with Gasteiger partial charge in [-0.05, 0) is 25.8 Å². The summed E-state index contributed by atoms with van der Waals surface area (Å²) in [6.45, 7) is 6.26. The molecule has 1 N–H and O–H groups in total. The third-order valence-electron chi connectivity index (χ3n) is 3.72. The zero-order valence-corrected chi connectivity index (χ0v) is 11.5. The lowest BCUT2D eigenvalue weighted by atomic mass is 10.3. The van der Waals surface area contributed by atoms with Gasteiger partial charge in [0.2, 0.25) is 0 Å². The Morgan fingerprint density at radius 3 is 2.32 bits per heavy atom. The SMILES string of the molecule is CCCN1CCN(C(=O)N(CC(=O)O)C2CC2)CC1. The number of carbonyl (C=O) groups is 2. The Labute approximate surface area is 114 Å². The van der Waals surface area contributed by atoms with Crippen molar-refractivity contribution >= 4 is 12.0 Å². The maximum Gasteiger partial charge on any atom is 0.323 e. The van der Waals surface area contributed by atoms with Gasteiger partial charge >= 0.3 is 12.0 Å². The number of nitrogens with zero attached hydrogens (tertiary/aromatic N) is 3. The molecule has 2 aliphatic rings. The maximum atomic E-state index is 12.3. The van der Waals surface area contributed by atoms with Gasteiger partial charge in [0.15, 0.2) is 0 Å². The molecule has 0 spiro atoms. The number of hydrogen-bond acceptors (Lipinski definition) is 3. The molecule has 6 heteroatoms. The van der Waals surface area contributed by atoms with Crippen molar-refractivity contribution in [3.8, 4) is 0 Å². The van der Waals surface area contributed by atoms with Crippen LogP contribution in [0.25, 0.3) is 0 Å². The zero-order chi connectivity index (χ0) is 13.8. The quantitative estimate of drug-likeness (QED) is 0.797. The molecular formula is C13H23N3O3. The summed E-state index contributed by atoms with van der Waals surface area (Å²) in [5.41, 5.74) is 0. The Balaban J connectivity index is 1.86. The Morgan fingerprint density at radius 1 is 1.21 bits per heavy atom. The maximum absolute atomic E-state index is 12.3. The molecule has 0 unspecified atom stereocenters. The molecule has 1 heterocycles. The summed E-state index contributed by atoms with van der Waals surface area (Å²) in [6.07, 6.45) is 3.00. The summed E-state index contributed by atoms with van der Waals surface area (Å²) >= 11 is 0. The lowest BCUT2D eigenvalue weighted by molar-refractivity contribution is -0.137. The predicted molar refractivity (Wildman–Crippen MR) is 71.1 cm³/mol. The van der Waals surface area contributed by atoms with E-state index in [0.717, 1.165) is 38.9 Å². The first kappa shape index (κ1) is 14.1. The fourth-order valence-electron chi connectivity index (χ4n) is 2.55. The van der Waals surface area contributed by atoms with Crippen LogP contribution < -0.4 is 0 Å². The van der Waals surface area contributed by atoms with Gasteiger partial charge in [0.25, 0.3) is 0 Å². The summed E-state index contributed by atoms with van der Waals surface area (Å²) in [7, 11) is 0. The molecule has 0 aromatic heterocycles. The van der Waals surface area contributed by atoms with Crippen molar-refractivity contribution < 1.29 is 14.7 Å². The molecule has 2 rings (SSSR count). The van der Waals surface area contributed by atoms with Gasteiger partial charge in [-0.25, -0.2) is 4.79 Å². The van der Waals surface area contributed by atoms with Crippen molar-refractivity contribution in [1.82, 2.24) is 14.7 Å². The van der Waals surface area contributed by atoms with Gasteiger partial charge in [-0.2, -0.15) is 0 Å². The van der Waals surface area contributed by atoms with Crippen molar-refractivity contribution in [2.75, 3.05) is 39.3 Å². The predicted octanol–water partition coefficient (Wildman–Crippen LogP) is 0.683. The zero-order valence-electron chi connectivity index (χ0n) is 11.5. The van der Waals surface area contributed by atoms with E-state index < -0.39 is 5.97 Å². The molecule has 1 aliphatic heterocycles. The van der Waals surface area contributed by atoms with Gasteiger partial charge in [0.05, 0.1) is 0 Å². The monoisotopic (exact) mass is 269 g/mol. The largest absolute Gasteiger partial charge is 0.480 e. The van der Waals surface area contributed by atoms with E-state index in [9.17, 15) is 9.59 Å². The number of hydrogen-bond donors (Lipinski definition) is 1. The van der Waals surface area contributed by atoms with Crippen molar-refractivity contribution in [3.63, 3.8) is 0 Å². The molecule has 2 fully saturated rings. The van der Waals surface area contributed by atoms with Crippen LogP contribution in [0.2, 0.25) is 0 Å². The summed E-state index contributed by atoms with van der Waals surface area (Å²) in [6, 6.07) is 0.0540. The minimum Gasteiger partial charge on any atom is -0.480 e. The number of amides is 2. The number of carbonyl (C=O) groups excluding carboxylic acids is 1. The van der Waals surface area contributed by atoms with Crippen LogP contribution in [0, 0.1) is 0 Å². The minimum absolute atomic E-state index is 0.0963. The van der Waals surface area contributed by atoms with E-state index in [1.165, 1.54) is 4.90 Å². The molecule has 1 saturated carbocycles. The molecule has 2 amide bonds. The summed E-state index contributed by atoms with van der Waals surface area (Å²) in [5.74, 6) is -0.926. The summed E-state index contributed by atoms with van der Waals surface area (Å²) in [5, 5.41) is 8.90. The lowest BCUT2D eigenvalue weighted by Gasteiger charge is -2.37. The lowest BCUT2D eigenvalue weighted by Crippen LogP contribution is -2.54. The molecule has 0 aromatic carbocycles. The Morgan fingerprint density at radius 2 is 1.84 bits per heavy atom. The standard InChI is InChI=1S/C13H23N3O3/c1-2-5-14-6-8-15(9-7-14)13(19)16(10-12(17)18)11-3-4-11/h11H,2-10H2,1H3,(H,17,18). The van der Waals surface area contributed by atoms with Crippen LogP contribution in [-0.4, -0.2) is 77.1 Å². The molecule has 1 aliphatic carbocycles. The van der Waals surface area contributed by atoms with E-state index in [4.69, 9.17) is 5.11 Å². The second kappa shape index (κ2) is 6.23. The van der Waals surface area contributed by atoms with Gasteiger partial charge in [0.1, 0.15) is 6.54 Å². The number of urea groups is 1. The van der Waals surface area contributed by atoms with Crippen LogP contribution in [0.5, 0.6) is 0 Å². The topological polar surface area (TPSA) is 64.1 Å². The highest BCUT2D eigenvalue weighted by Crippen LogP contribution is 2.27. The van der Waals surface area contributed by atoms with E-state index >= 15 is 0 Å². The van der Waals surface area contributed by atoms with E-state index in [0.29, 0.717) is 13.1 Å². The van der Waals surface area contributed by atoms with Crippen LogP contribution in [0.15, 0.2) is 0 Å². The highest BCUT2D eigenvalue weighted by atomic mass is 16.4. The van der Waals surface area contributed by atoms with Gasteiger partial charge in [-0.15, -0.1) is 0 Å². The molecule has 0 radical (unpaired) electrons. The van der Waals surface area contributed by atoms with Crippen molar-refractivity contribution in [1.29, 1.82) is 0 Å².